The van der Waals surface area contributed by atoms with Gasteiger partial charge in [0, 0.05) is 15.2 Å². The smallest absolute Gasteiger partial charge is 0.165 e. The molecule has 0 fully saturated rings. The predicted molar refractivity (Wildman–Crippen MR) is 69.6 cm³/mol. The van der Waals surface area contributed by atoms with Crippen molar-refractivity contribution in [3.8, 4) is 11.5 Å². The number of halogens is 1. The molecule has 0 aromatic heterocycles. The second-order valence-corrected chi connectivity index (χ2v) is 4.61. The topological polar surface area (TPSA) is 44.5 Å². The zero-order chi connectivity index (χ0) is 11.4. The Hall–Kier alpha value is -0.490. The lowest BCUT2D eigenvalue weighted by Crippen LogP contribution is -2.19. The van der Waals surface area contributed by atoms with Crippen molar-refractivity contribution in [1.82, 2.24) is 0 Å². The summed E-state index contributed by atoms with van der Waals surface area (Å²) in [6, 6.07) is 4.03. The first-order chi connectivity index (χ1) is 7.10. The van der Waals surface area contributed by atoms with Crippen LogP contribution in [0.2, 0.25) is 0 Å². The monoisotopic (exact) mass is 321 g/mol. The Morgan fingerprint density at radius 2 is 2.00 bits per heavy atom. The summed E-state index contributed by atoms with van der Waals surface area (Å²) >= 11 is 2.28. The number of methoxy groups -OCH3 is 2. The van der Waals surface area contributed by atoms with E-state index in [1.807, 2.05) is 19.1 Å². The van der Waals surface area contributed by atoms with Gasteiger partial charge in [-0.1, -0.05) is 0 Å². The Bertz CT molecular complexity index is 340. The van der Waals surface area contributed by atoms with E-state index < -0.39 is 0 Å². The van der Waals surface area contributed by atoms with Gasteiger partial charge in [0.25, 0.3) is 0 Å². The van der Waals surface area contributed by atoms with Gasteiger partial charge in [-0.3, -0.25) is 0 Å². The number of hydrogen-bond donors (Lipinski definition) is 1. The molecule has 3 nitrogen and oxygen atoms in total. The van der Waals surface area contributed by atoms with Gasteiger partial charge in [-0.05, 0) is 48.1 Å². The van der Waals surface area contributed by atoms with E-state index >= 15 is 0 Å². The van der Waals surface area contributed by atoms with Crippen LogP contribution in [0.1, 0.15) is 12.5 Å². The molecule has 1 aromatic carbocycles. The fraction of sp³-hybridized carbons (Fsp3) is 0.455. The number of nitrogens with two attached hydrogens (primary N) is 1. The lowest BCUT2D eigenvalue weighted by atomic mass is 10.1. The highest BCUT2D eigenvalue weighted by Crippen LogP contribution is 2.34. The number of benzene rings is 1. The van der Waals surface area contributed by atoms with Gasteiger partial charge >= 0.3 is 0 Å². The molecule has 1 atom stereocenters. The summed E-state index contributed by atoms with van der Waals surface area (Å²) in [5, 5.41) is 0. The summed E-state index contributed by atoms with van der Waals surface area (Å²) in [6.07, 6.45) is 0.790. The molecule has 0 heterocycles. The van der Waals surface area contributed by atoms with Crippen LogP contribution >= 0.6 is 22.6 Å². The van der Waals surface area contributed by atoms with E-state index in [1.54, 1.807) is 14.2 Å². The molecule has 0 saturated carbocycles. The van der Waals surface area contributed by atoms with Gasteiger partial charge in [0.2, 0.25) is 0 Å². The van der Waals surface area contributed by atoms with E-state index in [2.05, 4.69) is 22.6 Å². The fourth-order valence-corrected chi connectivity index (χ4v) is 2.12. The van der Waals surface area contributed by atoms with Gasteiger partial charge < -0.3 is 15.2 Å². The third kappa shape index (κ3) is 2.98. The zero-order valence-corrected chi connectivity index (χ0v) is 11.4. The minimum absolute atomic E-state index is 0.111. The van der Waals surface area contributed by atoms with Crippen LogP contribution in [0.25, 0.3) is 0 Å². The second-order valence-electron chi connectivity index (χ2n) is 3.44. The molecule has 15 heavy (non-hydrogen) atoms. The van der Waals surface area contributed by atoms with E-state index in [-0.39, 0.29) is 6.04 Å². The van der Waals surface area contributed by atoms with E-state index in [4.69, 9.17) is 15.2 Å². The quantitative estimate of drug-likeness (QED) is 0.865. The Morgan fingerprint density at radius 3 is 2.47 bits per heavy atom. The molecule has 4 heteroatoms. The molecule has 0 spiro atoms. The van der Waals surface area contributed by atoms with Crippen LogP contribution in [-0.2, 0) is 6.42 Å². The van der Waals surface area contributed by atoms with Crippen LogP contribution < -0.4 is 15.2 Å². The molecule has 0 bridgehead atoms. The first-order valence-corrected chi connectivity index (χ1v) is 5.83. The van der Waals surface area contributed by atoms with Crippen molar-refractivity contribution in [3.63, 3.8) is 0 Å². The SMILES string of the molecule is COc1ccc(I)c(CC(C)N)c1OC. The largest absolute Gasteiger partial charge is 0.493 e. The van der Waals surface area contributed by atoms with Crippen molar-refractivity contribution < 1.29 is 9.47 Å². The number of ether oxygens (including phenoxy) is 2. The van der Waals surface area contributed by atoms with Crippen molar-refractivity contribution >= 4 is 22.6 Å². The zero-order valence-electron chi connectivity index (χ0n) is 9.21. The Morgan fingerprint density at radius 1 is 1.33 bits per heavy atom. The average molecular weight is 321 g/mol. The maximum absolute atomic E-state index is 5.81. The van der Waals surface area contributed by atoms with Crippen LogP contribution in [0.5, 0.6) is 11.5 Å². The second kappa shape index (κ2) is 5.55. The molecule has 1 aromatic rings. The lowest BCUT2D eigenvalue weighted by Gasteiger charge is -2.15. The molecule has 0 saturated heterocycles. The highest BCUT2D eigenvalue weighted by molar-refractivity contribution is 14.1. The van der Waals surface area contributed by atoms with Gasteiger partial charge in [0.15, 0.2) is 11.5 Å². The molecule has 2 N–H and O–H groups in total. The first-order valence-electron chi connectivity index (χ1n) is 4.75. The third-order valence-corrected chi connectivity index (χ3v) is 3.13. The van der Waals surface area contributed by atoms with E-state index in [0.717, 1.165) is 27.1 Å². The summed E-state index contributed by atoms with van der Waals surface area (Å²) in [6.45, 7) is 1.98. The maximum Gasteiger partial charge on any atom is 0.165 e. The first kappa shape index (κ1) is 12.6. The highest BCUT2D eigenvalue weighted by atomic mass is 127. The summed E-state index contributed by atoms with van der Waals surface area (Å²) in [5.41, 5.74) is 6.93. The van der Waals surface area contributed by atoms with Crippen LogP contribution in [0.3, 0.4) is 0 Å². The summed E-state index contributed by atoms with van der Waals surface area (Å²) < 4.78 is 11.8. The van der Waals surface area contributed by atoms with Gasteiger partial charge in [-0.25, -0.2) is 0 Å². The van der Waals surface area contributed by atoms with Crippen LogP contribution in [-0.4, -0.2) is 20.3 Å². The molecule has 84 valence electrons. The van der Waals surface area contributed by atoms with Gasteiger partial charge in [0.05, 0.1) is 14.2 Å². The van der Waals surface area contributed by atoms with Crippen LogP contribution in [0.4, 0.5) is 0 Å². The fourth-order valence-electron chi connectivity index (χ4n) is 1.48. The van der Waals surface area contributed by atoms with Crippen molar-refractivity contribution in [3.05, 3.63) is 21.3 Å². The summed E-state index contributed by atoms with van der Waals surface area (Å²) in [4.78, 5) is 0. The summed E-state index contributed by atoms with van der Waals surface area (Å²) in [7, 11) is 3.29. The molecule has 0 aliphatic rings. The van der Waals surface area contributed by atoms with Crippen LogP contribution in [0.15, 0.2) is 12.1 Å². The third-order valence-electron chi connectivity index (χ3n) is 2.12. The predicted octanol–water partition coefficient (Wildman–Crippen LogP) is 2.20. The number of hydrogen-bond acceptors (Lipinski definition) is 3. The highest BCUT2D eigenvalue weighted by Gasteiger charge is 2.14. The van der Waals surface area contributed by atoms with E-state index in [9.17, 15) is 0 Å². The van der Waals surface area contributed by atoms with E-state index in [0.29, 0.717) is 0 Å². The molecule has 1 rings (SSSR count). The van der Waals surface area contributed by atoms with Crippen molar-refractivity contribution in [2.75, 3.05) is 14.2 Å². The van der Waals surface area contributed by atoms with Crippen molar-refractivity contribution in [2.24, 2.45) is 5.73 Å². The van der Waals surface area contributed by atoms with Crippen molar-refractivity contribution in [1.29, 1.82) is 0 Å². The van der Waals surface area contributed by atoms with Gasteiger partial charge in [0.1, 0.15) is 0 Å². The minimum atomic E-state index is 0.111. The maximum atomic E-state index is 5.81. The Balaban J connectivity index is 3.19. The molecule has 0 amide bonds. The summed E-state index contributed by atoms with van der Waals surface area (Å²) in [5.74, 6) is 1.55. The average Bonchev–Trinajstić information content (AvgIpc) is 2.20. The molecular formula is C11H16INO2. The normalized spacial score (nSPS) is 12.3. The minimum Gasteiger partial charge on any atom is -0.493 e. The molecular weight excluding hydrogens is 305 g/mol. The standard InChI is InChI=1S/C11H16INO2/c1-7(13)6-8-9(12)4-5-10(14-2)11(8)15-3/h4-5,7H,6,13H2,1-3H3. The molecule has 1 unspecified atom stereocenters. The Kier molecular flexibility index (Phi) is 4.66. The van der Waals surface area contributed by atoms with Gasteiger partial charge in [-0.2, -0.15) is 0 Å². The molecule has 0 aliphatic carbocycles. The van der Waals surface area contributed by atoms with Crippen molar-refractivity contribution in [2.45, 2.75) is 19.4 Å². The van der Waals surface area contributed by atoms with Gasteiger partial charge in [-0.15, -0.1) is 0 Å². The number of rotatable bonds is 4. The van der Waals surface area contributed by atoms with Crippen LogP contribution in [0, 0.1) is 3.57 Å². The molecule has 0 aliphatic heterocycles. The van der Waals surface area contributed by atoms with E-state index in [1.165, 1.54) is 0 Å². The molecule has 0 radical (unpaired) electrons. The Labute approximate surface area is 104 Å². The lowest BCUT2D eigenvalue weighted by molar-refractivity contribution is 0.350.